The molecule has 0 radical (unpaired) electrons. The lowest BCUT2D eigenvalue weighted by atomic mass is 10.1. The van der Waals surface area contributed by atoms with Crippen molar-refractivity contribution in [3.8, 4) is 0 Å². The molecule has 0 aliphatic carbocycles. The first kappa shape index (κ1) is 16.0. The van der Waals surface area contributed by atoms with Crippen molar-refractivity contribution >= 4 is 0 Å². The summed E-state index contributed by atoms with van der Waals surface area (Å²) in [6, 6.07) is 8.09. The van der Waals surface area contributed by atoms with Gasteiger partial charge in [-0.1, -0.05) is 24.3 Å². The van der Waals surface area contributed by atoms with Crippen molar-refractivity contribution in [1.82, 2.24) is 4.90 Å². The fraction of sp³-hybridized carbons (Fsp3) is 0.571. The van der Waals surface area contributed by atoms with Gasteiger partial charge in [0.15, 0.2) is 0 Å². The maximum Gasteiger partial charge on any atom is 0.411 e. The Labute approximate surface area is 112 Å². The van der Waals surface area contributed by atoms with E-state index < -0.39 is 12.8 Å². The van der Waals surface area contributed by atoms with Crippen molar-refractivity contribution < 1.29 is 17.9 Å². The van der Waals surface area contributed by atoms with Crippen molar-refractivity contribution in [3.05, 3.63) is 35.4 Å². The van der Waals surface area contributed by atoms with Crippen molar-refractivity contribution in [2.75, 3.05) is 26.8 Å². The second kappa shape index (κ2) is 7.50. The first-order chi connectivity index (χ1) is 8.88. The van der Waals surface area contributed by atoms with E-state index in [1.54, 1.807) is 0 Å². The standard InChI is InChI=1S/C14H20F3NO/c1-12-6-3-4-7-13(12)10-18(2)8-5-9-19-11-14(15,16)17/h3-4,6-7H,5,8-11H2,1-2H3. The van der Waals surface area contributed by atoms with Crippen LogP contribution < -0.4 is 0 Å². The summed E-state index contributed by atoms with van der Waals surface area (Å²) in [6.45, 7) is 2.54. The van der Waals surface area contributed by atoms with Crippen LogP contribution in [0.2, 0.25) is 0 Å². The van der Waals surface area contributed by atoms with Crippen LogP contribution in [0.1, 0.15) is 17.5 Å². The van der Waals surface area contributed by atoms with E-state index in [2.05, 4.69) is 28.7 Å². The van der Waals surface area contributed by atoms with Crippen molar-refractivity contribution in [1.29, 1.82) is 0 Å². The van der Waals surface area contributed by atoms with Crippen LogP contribution in [0.4, 0.5) is 13.2 Å². The molecule has 0 fully saturated rings. The zero-order chi connectivity index (χ0) is 14.3. The van der Waals surface area contributed by atoms with Crippen molar-refractivity contribution in [2.24, 2.45) is 0 Å². The van der Waals surface area contributed by atoms with E-state index in [9.17, 15) is 13.2 Å². The van der Waals surface area contributed by atoms with Gasteiger partial charge in [0, 0.05) is 19.7 Å². The molecule has 2 nitrogen and oxygen atoms in total. The first-order valence-corrected chi connectivity index (χ1v) is 6.26. The molecule has 1 aromatic carbocycles. The van der Waals surface area contributed by atoms with E-state index in [0.717, 1.165) is 6.54 Å². The Morgan fingerprint density at radius 2 is 1.89 bits per heavy atom. The molecular weight excluding hydrogens is 255 g/mol. The summed E-state index contributed by atoms with van der Waals surface area (Å²) in [6.07, 6.45) is -3.63. The van der Waals surface area contributed by atoms with Crippen LogP contribution in [-0.2, 0) is 11.3 Å². The lowest BCUT2D eigenvalue weighted by Crippen LogP contribution is -2.22. The van der Waals surface area contributed by atoms with Gasteiger partial charge in [-0.25, -0.2) is 0 Å². The summed E-state index contributed by atoms with van der Waals surface area (Å²) < 4.78 is 40.1. The number of alkyl halides is 3. The average Bonchev–Trinajstić information content (AvgIpc) is 2.30. The number of aryl methyl sites for hydroxylation is 1. The van der Waals surface area contributed by atoms with Gasteiger partial charge in [-0.3, -0.25) is 0 Å². The Hall–Kier alpha value is -1.07. The summed E-state index contributed by atoms with van der Waals surface area (Å²) in [7, 11) is 1.95. The molecule has 108 valence electrons. The number of ether oxygens (including phenoxy) is 1. The van der Waals surface area contributed by atoms with Gasteiger partial charge < -0.3 is 9.64 Å². The Balaban J connectivity index is 2.18. The molecule has 0 N–H and O–H groups in total. The molecule has 0 aliphatic rings. The highest BCUT2D eigenvalue weighted by Gasteiger charge is 2.27. The van der Waals surface area contributed by atoms with Gasteiger partial charge in [-0.2, -0.15) is 13.2 Å². The van der Waals surface area contributed by atoms with E-state index in [0.29, 0.717) is 13.0 Å². The minimum atomic E-state index is -4.23. The third-order valence-corrected chi connectivity index (χ3v) is 2.80. The molecule has 5 heteroatoms. The number of rotatable bonds is 7. The fourth-order valence-corrected chi connectivity index (χ4v) is 1.78. The fourth-order valence-electron chi connectivity index (χ4n) is 1.78. The van der Waals surface area contributed by atoms with E-state index in [4.69, 9.17) is 0 Å². The smallest absolute Gasteiger partial charge is 0.372 e. The summed E-state index contributed by atoms with van der Waals surface area (Å²) in [4.78, 5) is 2.08. The molecule has 0 unspecified atom stereocenters. The van der Waals surface area contributed by atoms with E-state index >= 15 is 0 Å². The molecule has 0 aliphatic heterocycles. The van der Waals surface area contributed by atoms with Crippen LogP contribution in [0.5, 0.6) is 0 Å². The number of halogens is 3. The molecule has 1 rings (SSSR count). The summed E-state index contributed by atoms with van der Waals surface area (Å²) >= 11 is 0. The molecule has 0 aromatic heterocycles. The summed E-state index contributed by atoms with van der Waals surface area (Å²) in [5.74, 6) is 0. The Bertz CT molecular complexity index is 379. The van der Waals surface area contributed by atoms with Gasteiger partial charge in [0.2, 0.25) is 0 Å². The van der Waals surface area contributed by atoms with Crippen LogP contribution in [0.25, 0.3) is 0 Å². The third kappa shape index (κ3) is 7.18. The molecule has 0 amide bonds. The Morgan fingerprint density at radius 1 is 1.21 bits per heavy atom. The van der Waals surface area contributed by atoms with E-state index in [-0.39, 0.29) is 6.61 Å². The first-order valence-electron chi connectivity index (χ1n) is 6.26. The van der Waals surface area contributed by atoms with Crippen molar-refractivity contribution in [2.45, 2.75) is 26.1 Å². The summed E-state index contributed by atoms with van der Waals surface area (Å²) in [5.41, 5.74) is 2.46. The molecule has 0 saturated carbocycles. The molecule has 0 bridgehead atoms. The molecule has 0 saturated heterocycles. The van der Waals surface area contributed by atoms with E-state index in [1.807, 2.05) is 19.2 Å². The zero-order valence-electron chi connectivity index (χ0n) is 11.3. The topological polar surface area (TPSA) is 12.5 Å². The maximum atomic E-state index is 11.8. The highest BCUT2D eigenvalue weighted by molar-refractivity contribution is 5.25. The monoisotopic (exact) mass is 275 g/mol. The average molecular weight is 275 g/mol. The molecule has 19 heavy (non-hydrogen) atoms. The quantitative estimate of drug-likeness (QED) is 0.707. The second-order valence-electron chi connectivity index (χ2n) is 4.69. The maximum absolute atomic E-state index is 11.8. The molecule has 0 heterocycles. The normalized spacial score (nSPS) is 12.1. The van der Waals surface area contributed by atoms with Crippen LogP contribution in [-0.4, -0.2) is 37.9 Å². The van der Waals surface area contributed by atoms with Gasteiger partial charge in [0.1, 0.15) is 6.61 Å². The molecule has 1 aromatic rings. The van der Waals surface area contributed by atoms with Crippen LogP contribution in [0.15, 0.2) is 24.3 Å². The van der Waals surface area contributed by atoms with Crippen molar-refractivity contribution in [3.63, 3.8) is 0 Å². The minimum Gasteiger partial charge on any atom is -0.372 e. The van der Waals surface area contributed by atoms with Gasteiger partial charge in [-0.05, 0) is 31.5 Å². The SMILES string of the molecule is Cc1ccccc1CN(C)CCCOCC(F)(F)F. The highest BCUT2D eigenvalue weighted by Crippen LogP contribution is 2.14. The molecular formula is C14H20F3NO. The Morgan fingerprint density at radius 3 is 2.53 bits per heavy atom. The molecule has 0 atom stereocenters. The lowest BCUT2D eigenvalue weighted by molar-refractivity contribution is -0.174. The summed E-state index contributed by atoms with van der Waals surface area (Å²) in [5, 5.41) is 0. The third-order valence-electron chi connectivity index (χ3n) is 2.80. The largest absolute Gasteiger partial charge is 0.411 e. The van der Waals surface area contributed by atoms with Gasteiger partial charge >= 0.3 is 6.18 Å². The van der Waals surface area contributed by atoms with Gasteiger partial charge in [-0.15, -0.1) is 0 Å². The van der Waals surface area contributed by atoms with E-state index in [1.165, 1.54) is 11.1 Å². The van der Waals surface area contributed by atoms with Crippen LogP contribution >= 0.6 is 0 Å². The molecule has 0 spiro atoms. The highest BCUT2D eigenvalue weighted by atomic mass is 19.4. The second-order valence-corrected chi connectivity index (χ2v) is 4.69. The minimum absolute atomic E-state index is 0.137. The predicted molar refractivity (Wildman–Crippen MR) is 69.0 cm³/mol. The number of hydrogen-bond acceptors (Lipinski definition) is 2. The van der Waals surface area contributed by atoms with Gasteiger partial charge in [0.25, 0.3) is 0 Å². The number of benzene rings is 1. The lowest BCUT2D eigenvalue weighted by Gasteiger charge is -2.18. The Kier molecular flexibility index (Phi) is 6.31. The van der Waals surface area contributed by atoms with Crippen LogP contribution in [0.3, 0.4) is 0 Å². The number of nitrogens with zero attached hydrogens (tertiary/aromatic N) is 1. The predicted octanol–water partition coefficient (Wildman–Crippen LogP) is 3.40. The van der Waals surface area contributed by atoms with Gasteiger partial charge in [0.05, 0.1) is 0 Å². The number of hydrogen-bond donors (Lipinski definition) is 0. The van der Waals surface area contributed by atoms with Crippen LogP contribution in [0, 0.1) is 6.92 Å². The zero-order valence-corrected chi connectivity index (χ0v) is 11.3.